The monoisotopic (exact) mass is 465 g/mol. The number of H-pyrrole nitrogens is 1. The Hall–Kier alpha value is -2.64. The van der Waals surface area contributed by atoms with Crippen LogP contribution in [-0.2, 0) is 21.2 Å². The number of carbonyl (C=O) groups excluding carboxylic acids is 1. The zero-order chi connectivity index (χ0) is 22.8. The quantitative estimate of drug-likeness (QED) is 0.611. The molecule has 1 aromatic heterocycles. The first-order valence-corrected chi connectivity index (χ1v) is 13.4. The van der Waals surface area contributed by atoms with Crippen LogP contribution in [0.25, 0.3) is 10.9 Å². The van der Waals surface area contributed by atoms with Crippen LogP contribution in [-0.4, -0.2) is 54.7 Å². The van der Waals surface area contributed by atoms with Crippen molar-refractivity contribution in [3.63, 3.8) is 0 Å². The molecule has 5 rings (SSSR count). The van der Waals surface area contributed by atoms with E-state index in [1.54, 1.807) is 28.6 Å². The molecule has 174 valence electrons. The number of carbonyl (C=O) groups is 1. The number of aromatic amines is 1. The predicted molar refractivity (Wildman–Crippen MR) is 130 cm³/mol. The van der Waals surface area contributed by atoms with Crippen molar-refractivity contribution in [2.75, 3.05) is 26.2 Å². The highest BCUT2D eigenvalue weighted by atomic mass is 32.2. The molecule has 0 unspecified atom stereocenters. The highest BCUT2D eigenvalue weighted by Gasteiger charge is 2.27. The lowest BCUT2D eigenvalue weighted by atomic mass is 9.89. The molecular formula is C26H31N3O3S. The summed E-state index contributed by atoms with van der Waals surface area (Å²) in [5.41, 5.74) is 3.37. The van der Waals surface area contributed by atoms with Gasteiger partial charge in [-0.15, -0.1) is 0 Å². The number of fused-ring (bicyclic) bond motifs is 1. The van der Waals surface area contributed by atoms with Gasteiger partial charge in [0.15, 0.2) is 0 Å². The molecule has 3 heterocycles. The third-order valence-corrected chi connectivity index (χ3v) is 9.05. The zero-order valence-electron chi connectivity index (χ0n) is 18.9. The smallest absolute Gasteiger partial charge is 0.243 e. The van der Waals surface area contributed by atoms with Gasteiger partial charge in [-0.2, -0.15) is 4.31 Å². The third kappa shape index (κ3) is 4.57. The van der Waals surface area contributed by atoms with Crippen molar-refractivity contribution >= 4 is 26.8 Å². The largest absolute Gasteiger partial charge is 0.361 e. The molecule has 2 fully saturated rings. The van der Waals surface area contributed by atoms with Gasteiger partial charge in [-0.1, -0.05) is 36.8 Å². The Kier molecular flexibility index (Phi) is 6.25. The number of likely N-dealkylation sites (tertiary alicyclic amines) is 1. The van der Waals surface area contributed by atoms with E-state index in [1.807, 2.05) is 11.0 Å². The van der Waals surface area contributed by atoms with Crippen molar-refractivity contribution in [2.24, 2.45) is 0 Å². The van der Waals surface area contributed by atoms with Crippen LogP contribution in [0.1, 0.15) is 49.1 Å². The van der Waals surface area contributed by atoms with E-state index in [9.17, 15) is 13.2 Å². The summed E-state index contributed by atoms with van der Waals surface area (Å²) in [6.07, 6.45) is 7.27. The molecule has 3 aromatic rings. The Morgan fingerprint density at radius 2 is 1.61 bits per heavy atom. The van der Waals surface area contributed by atoms with Crippen molar-refractivity contribution < 1.29 is 13.2 Å². The second kappa shape index (κ2) is 9.31. The average molecular weight is 466 g/mol. The number of aromatic nitrogens is 1. The minimum Gasteiger partial charge on any atom is -0.361 e. The van der Waals surface area contributed by atoms with E-state index in [4.69, 9.17) is 0 Å². The normalized spacial score (nSPS) is 18.6. The summed E-state index contributed by atoms with van der Waals surface area (Å²) in [5.74, 6) is 0.573. The van der Waals surface area contributed by atoms with Gasteiger partial charge >= 0.3 is 0 Å². The lowest BCUT2D eigenvalue weighted by Gasteiger charge is -2.32. The molecule has 2 aliphatic heterocycles. The highest BCUT2D eigenvalue weighted by molar-refractivity contribution is 7.89. The topological polar surface area (TPSA) is 73.5 Å². The van der Waals surface area contributed by atoms with Crippen LogP contribution in [0, 0.1) is 0 Å². The van der Waals surface area contributed by atoms with Crippen LogP contribution in [0.5, 0.6) is 0 Å². The second-order valence-electron chi connectivity index (χ2n) is 9.23. The number of rotatable bonds is 5. The molecule has 0 aliphatic carbocycles. The van der Waals surface area contributed by atoms with Crippen LogP contribution in [0.15, 0.2) is 59.6 Å². The Bertz CT molecular complexity index is 1220. The molecule has 7 heteroatoms. The maximum Gasteiger partial charge on any atom is 0.243 e. The minimum absolute atomic E-state index is 0.110. The predicted octanol–water partition coefficient (Wildman–Crippen LogP) is 4.29. The van der Waals surface area contributed by atoms with Gasteiger partial charge in [0.25, 0.3) is 0 Å². The van der Waals surface area contributed by atoms with E-state index in [2.05, 4.69) is 29.4 Å². The Labute approximate surface area is 195 Å². The van der Waals surface area contributed by atoms with E-state index >= 15 is 0 Å². The minimum atomic E-state index is -3.44. The fourth-order valence-corrected chi connectivity index (χ4v) is 6.71. The molecule has 33 heavy (non-hydrogen) atoms. The molecule has 2 aromatic carbocycles. The van der Waals surface area contributed by atoms with Crippen molar-refractivity contribution in [1.82, 2.24) is 14.2 Å². The van der Waals surface area contributed by atoms with E-state index in [1.165, 1.54) is 10.9 Å². The van der Waals surface area contributed by atoms with E-state index in [-0.39, 0.29) is 5.91 Å². The molecule has 0 radical (unpaired) electrons. The Morgan fingerprint density at radius 1 is 0.909 bits per heavy atom. The number of piperidine rings is 2. The average Bonchev–Trinajstić information content (AvgIpc) is 3.29. The van der Waals surface area contributed by atoms with E-state index in [0.29, 0.717) is 30.3 Å². The molecule has 1 N–H and O–H groups in total. The van der Waals surface area contributed by atoms with Crippen LogP contribution in [0.2, 0.25) is 0 Å². The number of benzene rings is 2. The molecular weight excluding hydrogens is 434 g/mol. The number of sulfonamides is 1. The van der Waals surface area contributed by atoms with Gasteiger partial charge < -0.3 is 9.88 Å². The first-order chi connectivity index (χ1) is 16.0. The number of amides is 1. The lowest BCUT2D eigenvalue weighted by Crippen LogP contribution is -2.38. The third-order valence-electron chi connectivity index (χ3n) is 7.14. The number of hydrogen-bond donors (Lipinski definition) is 1. The summed E-state index contributed by atoms with van der Waals surface area (Å²) in [6.45, 7) is 2.70. The summed E-state index contributed by atoms with van der Waals surface area (Å²) in [4.78, 5) is 18.5. The number of hydrogen-bond acceptors (Lipinski definition) is 3. The van der Waals surface area contributed by atoms with Crippen LogP contribution in [0.4, 0.5) is 0 Å². The Balaban J connectivity index is 1.18. The second-order valence-corrected chi connectivity index (χ2v) is 11.2. The lowest BCUT2D eigenvalue weighted by molar-refractivity contribution is -0.131. The van der Waals surface area contributed by atoms with Gasteiger partial charge in [-0.05, 0) is 60.9 Å². The maximum absolute atomic E-state index is 12.9. The molecule has 1 amide bonds. The van der Waals surface area contributed by atoms with Crippen LogP contribution >= 0.6 is 0 Å². The number of nitrogens with zero attached hydrogens (tertiary/aromatic N) is 2. The summed E-state index contributed by atoms with van der Waals surface area (Å²) < 4.78 is 27.2. The molecule has 2 saturated heterocycles. The number of nitrogens with one attached hydrogen (secondary N) is 1. The summed E-state index contributed by atoms with van der Waals surface area (Å²) in [5, 5.41) is 1.28. The van der Waals surface area contributed by atoms with Gasteiger partial charge in [0, 0.05) is 43.3 Å². The van der Waals surface area contributed by atoms with Crippen molar-refractivity contribution in [2.45, 2.75) is 49.3 Å². The van der Waals surface area contributed by atoms with Crippen LogP contribution < -0.4 is 0 Å². The standard InChI is InChI=1S/C26H31N3O3S/c30-26(18-20-8-10-22(11-9-20)33(31,32)29-14-4-1-5-15-29)28-16-12-21(13-17-28)24-19-27-25-7-3-2-6-23(24)25/h2-3,6-11,19,21,27H,1,4-5,12-18H2. The van der Waals surface area contributed by atoms with Crippen molar-refractivity contribution in [1.29, 1.82) is 0 Å². The molecule has 0 bridgehead atoms. The van der Waals surface area contributed by atoms with Gasteiger partial charge in [-0.3, -0.25) is 4.79 Å². The summed E-state index contributed by atoms with van der Waals surface area (Å²) in [7, 11) is -3.44. The molecule has 0 atom stereocenters. The maximum atomic E-state index is 12.9. The summed E-state index contributed by atoms with van der Waals surface area (Å²) >= 11 is 0. The van der Waals surface area contributed by atoms with Crippen molar-refractivity contribution in [3.05, 3.63) is 65.9 Å². The Morgan fingerprint density at radius 3 is 2.33 bits per heavy atom. The molecule has 6 nitrogen and oxygen atoms in total. The van der Waals surface area contributed by atoms with Crippen molar-refractivity contribution in [3.8, 4) is 0 Å². The fourth-order valence-electron chi connectivity index (χ4n) is 5.19. The molecule has 2 aliphatic rings. The SMILES string of the molecule is O=C(Cc1ccc(S(=O)(=O)N2CCCCC2)cc1)N1CCC(c2c[nH]c3ccccc23)CC1. The highest BCUT2D eigenvalue weighted by Crippen LogP contribution is 2.33. The van der Waals surface area contributed by atoms with Crippen LogP contribution in [0.3, 0.4) is 0 Å². The van der Waals surface area contributed by atoms with E-state index in [0.717, 1.165) is 56.3 Å². The first-order valence-electron chi connectivity index (χ1n) is 12.0. The van der Waals surface area contributed by atoms with Gasteiger partial charge in [-0.25, -0.2) is 8.42 Å². The van der Waals surface area contributed by atoms with Gasteiger partial charge in [0.2, 0.25) is 15.9 Å². The van der Waals surface area contributed by atoms with Gasteiger partial charge in [0.1, 0.15) is 0 Å². The molecule has 0 spiro atoms. The van der Waals surface area contributed by atoms with Gasteiger partial charge in [0.05, 0.1) is 11.3 Å². The summed E-state index contributed by atoms with van der Waals surface area (Å²) in [6, 6.07) is 15.2. The molecule has 0 saturated carbocycles. The first kappa shape index (κ1) is 22.2. The fraction of sp³-hybridized carbons (Fsp3) is 0.423. The van der Waals surface area contributed by atoms with E-state index < -0.39 is 10.0 Å². The zero-order valence-corrected chi connectivity index (χ0v) is 19.7. The number of para-hydroxylation sites is 1.